The summed E-state index contributed by atoms with van der Waals surface area (Å²) in [5.41, 5.74) is 2.67. The van der Waals surface area contributed by atoms with Crippen molar-refractivity contribution in [3.63, 3.8) is 0 Å². The monoisotopic (exact) mass is 333 g/mol. The van der Waals surface area contributed by atoms with Gasteiger partial charge in [0.15, 0.2) is 5.13 Å². The highest BCUT2D eigenvalue weighted by Crippen LogP contribution is 2.32. The van der Waals surface area contributed by atoms with Crippen LogP contribution < -0.4 is 5.32 Å². The van der Waals surface area contributed by atoms with E-state index in [2.05, 4.69) is 32.3 Å². The highest BCUT2D eigenvalue weighted by atomic mass is 79.9. The van der Waals surface area contributed by atoms with Crippen molar-refractivity contribution < 1.29 is 0 Å². The van der Waals surface area contributed by atoms with E-state index in [1.165, 1.54) is 23.4 Å². The van der Waals surface area contributed by atoms with E-state index >= 15 is 0 Å². The number of rotatable bonds is 2. The quantitative estimate of drug-likeness (QED) is 0.885. The Kier molecular flexibility index (Phi) is 3.54. The Balaban J connectivity index is 1.89. The summed E-state index contributed by atoms with van der Waals surface area (Å²) < 4.78 is 0.910. The van der Waals surface area contributed by atoms with Crippen molar-refractivity contribution in [3.8, 4) is 6.07 Å². The summed E-state index contributed by atoms with van der Waals surface area (Å²) in [7, 11) is 0. The third-order valence-corrected chi connectivity index (χ3v) is 4.76. The molecule has 0 bridgehead atoms. The highest BCUT2D eigenvalue weighted by Gasteiger charge is 2.15. The van der Waals surface area contributed by atoms with Crippen LogP contribution in [0, 0.1) is 11.3 Å². The van der Waals surface area contributed by atoms with E-state index in [9.17, 15) is 0 Å². The molecule has 0 aliphatic heterocycles. The first-order chi connectivity index (χ1) is 9.26. The van der Waals surface area contributed by atoms with Crippen molar-refractivity contribution in [1.82, 2.24) is 4.98 Å². The largest absolute Gasteiger partial charge is 0.330 e. The topological polar surface area (TPSA) is 48.7 Å². The SMILES string of the molecule is N#Cc1cc(Br)ccc1Nc1nc2c(s1)CCCC2. The summed E-state index contributed by atoms with van der Waals surface area (Å²) in [5.74, 6) is 0. The number of nitriles is 1. The summed E-state index contributed by atoms with van der Waals surface area (Å²) in [6.07, 6.45) is 4.72. The van der Waals surface area contributed by atoms with Gasteiger partial charge in [0.25, 0.3) is 0 Å². The number of thiazole rings is 1. The van der Waals surface area contributed by atoms with Gasteiger partial charge in [-0.25, -0.2) is 4.98 Å². The van der Waals surface area contributed by atoms with Gasteiger partial charge in [-0.3, -0.25) is 0 Å². The predicted molar refractivity (Wildman–Crippen MR) is 80.9 cm³/mol. The molecular formula is C14H12BrN3S. The fourth-order valence-electron chi connectivity index (χ4n) is 2.24. The Bertz CT molecular complexity index is 634. The van der Waals surface area contributed by atoms with Gasteiger partial charge >= 0.3 is 0 Å². The lowest BCUT2D eigenvalue weighted by Gasteiger charge is -2.06. The molecule has 3 rings (SSSR count). The summed E-state index contributed by atoms with van der Waals surface area (Å²) >= 11 is 5.09. The van der Waals surface area contributed by atoms with E-state index in [1.807, 2.05) is 18.2 Å². The average molecular weight is 334 g/mol. The van der Waals surface area contributed by atoms with E-state index < -0.39 is 0 Å². The minimum absolute atomic E-state index is 0.627. The van der Waals surface area contributed by atoms with Gasteiger partial charge in [-0.2, -0.15) is 5.26 Å². The van der Waals surface area contributed by atoms with Crippen molar-refractivity contribution in [2.75, 3.05) is 5.32 Å². The second kappa shape index (κ2) is 5.32. The maximum absolute atomic E-state index is 9.16. The third-order valence-electron chi connectivity index (χ3n) is 3.19. The first kappa shape index (κ1) is 12.6. The minimum Gasteiger partial charge on any atom is -0.330 e. The molecule has 0 fully saturated rings. The van der Waals surface area contributed by atoms with Crippen LogP contribution in [-0.4, -0.2) is 4.98 Å². The zero-order valence-electron chi connectivity index (χ0n) is 10.2. The summed E-state index contributed by atoms with van der Waals surface area (Å²) in [5, 5.41) is 13.3. The van der Waals surface area contributed by atoms with Crippen LogP contribution in [0.4, 0.5) is 10.8 Å². The summed E-state index contributed by atoms with van der Waals surface area (Å²) in [4.78, 5) is 6.02. The molecule has 1 aromatic carbocycles. The number of anilines is 2. The lowest BCUT2D eigenvalue weighted by molar-refractivity contribution is 0.683. The van der Waals surface area contributed by atoms with Gasteiger partial charge in [0.2, 0.25) is 0 Å². The fourth-order valence-corrected chi connectivity index (χ4v) is 3.66. The molecule has 2 aromatic rings. The molecule has 5 heteroatoms. The fraction of sp³-hybridized carbons (Fsp3) is 0.286. The second-order valence-corrected chi connectivity index (χ2v) is 6.52. The van der Waals surface area contributed by atoms with Crippen molar-refractivity contribution in [3.05, 3.63) is 38.8 Å². The van der Waals surface area contributed by atoms with E-state index in [0.717, 1.165) is 28.1 Å². The molecule has 1 N–H and O–H groups in total. The van der Waals surface area contributed by atoms with Crippen molar-refractivity contribution in [1.29, 1.82) is 5.26 Å². The number of halogens is 1. The van der Waals surface area contributed by atoms with E-state index in [-0.39, 0.29) is 0 Å². The number of fused-ring (bicyclic) bond motifs is 1. The molecule has 3 nitrogen and oxygen atoms in total. The molecule has 1 aliphatic rings. The average Bonchev–Trinajstić information content (AvgIpc) is 2.83. The molecule has 0 amide bonds. The van der Waals surface area contributed by atoms with Gasteiger partial charge in [0, 0.05) is 9.35 Å². The summed E-state index contributed by atoms with van der Waals surface area (Å²) in [6.45, 7) is 0. The van der Waals surface area contributed by atoms with Crippen LogP contribution in [0.3, 0.4) is 0 Å². The van der Waals surface area contributed by atoms with Gasteiger partial charge in [-0.05, 0) is 43.9 Å². The van der Waals surface area contributed by atoms with E-state index in [0.29, 0.717) is 5.56 Å². The Labute approximate surface area is 124 Å². The van der Waals surface area contributed by atoms with Crippen LogP contribution >= 0.6 is 27.3 Å². The number of hydrogen-bond acceptors (Lipinski definition) is 4. The van der Waals surface area contributed by atoms with Crippen molar-refractivity contribution >= 4 is 38.1 Å². The zero-order chi connectivity index (χ0) is 13.2. The van der Waals surface area contributed by atoms with Gasteiger partial charge in [-0.15, -0.1) is 11.3 Å². The molecule has 0 atom stereocenters. The molecule has 1 aromatic heterocycles. The Morgan fingerprint density at radius 3 is 2.95 bits per heavy atom. The number of nitrogens with zero attached hydrogens (tertiary/aromatic N) is 2. The summed E-state index contributed by atoms with van der Waals surface area (Å²) in [6, 6.07) is 7.85. The molecule has 0 spiro atoms. The van der Waals surface area contributed by atoms with E-state index in [4.69, 9.17) is 5.26 Å². The predicted octanol–water partition coefficient (Wildman–Crippen LogP) is 4.40. The molecule has 0 unspecified atom stereocenters. The van der Waals surface area contributed by atoms with Crippen LogP contribution in [0.5, 0.6) is 0 Å². The lowest BCUT2D eigenvalue weighted by atomic mass is 10.0. The Hall–Kier alpha value is -1.38. The molecule has 0 saturated carbocycles. The standard InChI is InChI=1S/C14H12BrN3S/c15-10-5-6-11(9(7-10)8-16)17-14-18-12-3-1-2-4-13(12)19-14/h5-7H,1-4H2,(H,17,18). The molecule has 19 heavy (non-hydrogen) atoms. The lowest BCUT2D eigenvalue weighted by Crippen LogP contribution is -1.99. The van der Waals surface area contributed by atoms with E-state index in [1.54, 1.807) is 11.3 Å². The van der Waals surface area contributed by atoms with Gasteiger partial charge in [0.05, 0.1) is 16.9 Å². The smallest absolute Gasteiger partial charge is 0.187 e. The van der Waals surface area contributed by atoms with Crippen LogP contribution in [0.25, 0.3) is 0 Å². The molecule has 1 heterocycles. The normalized spacial score (nSPS) is 13.7. The molecule has 96 valence electrons. The van der Waals surface area contributed by atoms with Gasteiger partial charge < -0.3 is 5.32 Å². The maximum atomic E-state index is 9.16. The van der Waals surface area contributed by atoms with Crippen molar-refractivity contribution in [2.45, 2.75) is 25.7 Å². The zero-order valence-corrected chi connectivity index (χ0v) is 12.6. The first-order valence-corrected chi connectivity index (χ1v) is 7.82. The first-order valence-electron chi connectivity index (χ1n) is 6.21. The molecule has 0 saturated heterocycles. The third kappa shape index (κ3) is 2.65. The number of nitrogens with one attached hydrogen (secondary N) is 1. The molecule has 0 radical (unpaired) electrons. The minimum atomic E-state index is 0.627. The van der Waals surface area contributed by atoms with Crippen LogP contribution in [-0.2, 0) is 12.8 Å². The Morgan fingerprint density at radius 1 is 1.32 bits per heavy atom. The van der Waals surface area contributed by atoms with Gasteiger partial charge in [-0.1, -0.05) is 15.9 Å². The number of benzene rings is 1. The van der Waals surface area contributed by atoms with Crippen LogP contribution in [0.1, 0.15) is 29.0 Å². The maximum Gasteiger partial charge on any atom is 0.187 e. The second-order valence-electron chi connectivity index (χ2n) is 4.52. The van der Waals surface area contributed by atoms with Crippen LogP contribution in [0.15, 0.2) is 22.7 Å². The Morgan fingerprint density at radius 2 is 2.16 bits per heavy atom. The number of aromatic nitrogens is 1. The number of aryl methyl sites for hydroxylation is 2. The van der Waals surface area contributed by atoms with Crippen molar-refractivity contribution in [2.24, 2.45) is 0 Å². The van der Waals surface area contributed by atoms with Gasteiger partial charge in [0.1, 0.15) is 6.07 Å². The van der Waals surface area contributed by atoms with Crippen LogP contribution in [0.2, 0.25) is 0 Å². The molecular weight excluding hydrogens is 322 g/mol. The number of hydrogen-bond donors (Lipinski definition) is 1. The molecule has 1 aliphatic carbocycles. The highest BCUT2D eigenvalue weighted by molar-refractivity contribution is 9.10.